The van der Waals surface area contributed by atoms with E-state index in [9.17, 15) is 9.59 Å². The van der Waals surface area contributed by atoms with Crippen LogP contribution in [0.25, 0.3) is 16.9 Å². The third-order valence-corrected chi connectivity index (χ3v) is 5.35. The summed E-state index contributed by atoms with van der Waals surface area (Å²) in [5.41, 5.74) is 4.43. The second-order valence-corrected chi connectivity index (χ2v) is 7.71. The van der Waals surface area contributed by atoms with Crippen molar-refractivity contribution in [2.24, 2.45) is 0 Å². The van der Waals surface area contributed by atoms with Crippen LogP contribution in [-0.2, 0) is 6.54 Å². The normalized spacial score (nSPS) is 10.8. The summed E-state index contributed by atoms with van der Waals surface area (Å²) in [7, 11) is 3.45. The van der Waals surface area contributed by atoms with Gasteiger partial charge in [0, 0.05) is 44.5 Å². The van der Waals surface area contributed by atoms with Crippen molar-refractivity contribution in [3.63, 3.8) is 0 Å². The van der Waals surface area contributed by atoms with Gasteiger partial charge in [-0.1, -0.05) is 42.5 Å². The van der Waals surface area contributed by atoms with Crippen LogP contribution in [0.15, 0.2) is 73.1 Å². The molecule has 7 heteroatoms. The SMILES string of the molecule is CCN(Cc1ccc(C(=O)N(C)C)cc1)C(=O)c1cnn2c(-c3ccccc3)ccnc12. The lowest BCUT2D eigenvalue weighted by Gasteiger charge is -2.20. The number of amides is 2. The summed E-state index contributed by atoms with van der Waals surface area (Å²) in [6.07, 6.45) is 3.28. The number of carbonyl (C=O) groups is 2. The minimum atomic E-state index is -0.131. The average molecular weight is 428 g/mol. The second-order valence-electron chi connectivity index (χ2n) is 7.71. The number of aromatic nitrogens is 3. The van der Waals surface area contributed by atoms with Gasteiger partial charge in [0.15, 0.2) is 5.65 Å². The Labute approximate surface area is 186 Å². The fourth-order valence-electron chi connectivity index (χ4n) is 3.60. The first kappa shape index (κ1) is 21.2. The van der Waals surface area contributed by atoms with Gasteiger partial charge in [-0.3, -0.25) is 9.59 Å². The summed E-state index contributed by atoms with van der Waals surface area (Å²) >= 11 is 0. The first-order valence-corrected chi connectivity index (χ1v) is 10.5. The Kier molecular flexibility index (Phi) is 5.98. The number of hydrogen-bond donors (Lipinski definition) is 0. The molecule has 32 heavy (non-hydrogen) atoms. The molecular formula is C25H25N5O2. The lowest BCUT2D eigenvalue weighted by Crippen LogP contribution is -2.30. The zero-order valence-corrected chi connectivity index (χ0v) is 18.4. The van der Waals surface area contributed by atoms with E-state index in [0.717, 1.165) is 16.8 Å². The molecular weight excluding hydrogens is 402 g/mol. The summed E-state index contributed by atoms with van der Waals surface area (Å²) in [5, 5.41) is 4.45. The van der Waals surface area contributed by atoms with Crippen LogP contribution in [0.5, 0.6) is 0 Å². The van der Waals surface area contributed by atoms with Crippen molar-refractivity contribution in [3.05, 3.63) is 89.7 Å². The number of nitrogens with zero attached hydrogens (tertiary/aromatic N) is 5. The van der Waals surface area contributed by atoms with E-state index in [1.165, 1.54) is 0 Å². The molecule has 0 aliphatic heterocycles. The van der Waals surface area contributed by atoms with Gasteiger partial charge in [0.25, 0.3) is 11.8 Å². The second kappa shape index (κ2) is 9.01. The molecule has 0 fully saturated rings. The molecule has 4 aromatic rings. The third kappa shape index (κ3) is 4.09. The Balaban J connectivity index is 1.60. The monoisotopic (exact) mass is 427 g/mol. The average Bonchev–Trinajstić information content (AvgIpc) is 3.27. The summed E-state index contributed by atoms with van der Waals surface area (Å²) in [4.78, 5) is 33.2. The van der Waals surface area contributed by atoms with E-state index >= 15 is 0 Å². The van der Waals surface area contributed by atoms with Gasteiger partial charge < -0.3 is 9.80 Å². The maximum Gasteiger partial charge on any atom is 0.259 e. The van der Waals surface area contributed by atoms with Crippen molar-refractivity contribution < 1.29 is 9.59 Å². The molecule has 0 saturated heterocycles. The fraction of sp³-hybridized carbons (Fsp3) is 0.200. The maximum atomic E-state index is 13.3. The zero-order valence-electron chi connectivity index (χ0n) is 18.4. The highest BCUT2D eigenvalue weighted by molar-refractivity contribution is 6.00. The molecule has 2 amide bonds. The van der Waals surface area contributed by atoms with Gasteiger partial charge in [-0.05, 0) is 30.7 Å². The summed E-state index contributed by atoms with van der Waals surface area (Å²) in [5.74, 6) is -0.180. The standard InChI is InChI=1S/C25H25N5O2/c1-4-29(17-18-10-12-20(13-11-18)24(31)28(2)3)25(32)21-16-27-30-22(14-15-26-23(21)30)19-8-6-5-7-9-19/h5-16H,4,17H2,1-3H3. The minimum Gasteiger partial charge on any atom is -0.345 e. The van der Waals surface area contributed by atoms with Crippen molar-refractivity contribution in [1.29, 1.82) is 0 Å². The van der Waals surface area contributed by atoms with Crippen molar-refractivity contribution in [3.8, 4) is 11.3 Å². The van der Waals surface area contributed by atoms with Crippen molar-refractivity contribution in [2.45, 2.75) is 13.5 Å². The van der Waals surface area contributed by atoms with E-state index in [0.29, 0.717) is 29.9 Å². The zero-order chi connectivity index (χ0) is 22.7. The van der Waals surface area contributed by atoms with Crippen molar-refractivity contribution in [1.82, 2.24) is 24.4 Å². The van der Waals surface area contributed by atoms with Gasteiger partial charge in [0.05, 0.1) is 11.9 Å². The topological polar surface area (TPSA) is 70.8 Å². The summed E-state index contributed by atoms with van der Waals surface area (Å²) in [6.45, 7) is 2.91. The van der Waals surface area contributed by atoms with E-state index in [1.54, 1.807) is 52.9 Å². The number of fused-ring (bicyclic) bond motifs is 1. The van der Waals surface area contributed by atoms with Gasteiger partial charge in [-0.2, -0.15) is 5.10 Å². The molecule has 0 N–H and O–H groups in total. The molecule has 2 heterocycles. The Morgan fingerprint density at radius 1 is 0.938 bits per heavy atom. The molecule has 0 unspecified atom stereocenters. The molecule has 162 valence electrons. The molecule has 0 saturated carbocycles. The molecule has 0 aliphatic carbocycles. The highest BCUT2D eigenvalue weighted by Gasteiger charge is 2.21. The molecule has 7 nitrogen and oxygen atoms in total. The molecule has 0 spiro atoms. The molecule has 2 aromatic carbocycles. The fourth-order valence-corrected chi connectivity index (χ4v) is 3.60. The van der Waals surface area contributed by atoms with Crippen LogP contribution >= 0.6 is 0 Å². The van der Waals surface area contributed by atoms with Gasteiger partial charge >= 0.3 is 0 Å². The van der Waals surface area contributed by atoms with Crippen molar-refractivity contribution >= 4 is 17.5 Å². The Hall–Kier alpha value is -4.00. The van der Waals surface area contributed by atoms with Crippen LogP contribution in [0.4, 0.5) is 0 Å². The first-order valence-electron chi connectivity index (χ1n) is 10.5. The molecule has 4 rings (SSSR count). The van der Waals surface area contributed by atoms with Crippen LogP contribution in [0, 0.1) is 0 Å². The molecule has 0 bridgehead atoms. The predicted octanol–water partition coefficient (Wildman–Crippen LogP) is 3.76. The first-order chi connectivity index (χ1) is 15.5. The van der Waals surface area contributed by atoms with Crippen LogP contribution in [0.2, 0.25) is 0 Å². The minimum absolute atomic E-state index is 0.0494. The number of carbonyl (C=O) groups excluding carboxylic acids is 2. The largest absolute Gasteiger partial charge is 0.345 e. The molecule has 2 aromatic heterocycles. The maximum absolute atomic E-state index is 13.3. The smallest absolute Gasteiger partial charge is 0.259 e. The lowest BCUT2D eigenvalue weighted by atomic mass is 10.1. The predicted molar refractivity (Wildman–Crippen MR) is 123 cm³/mol. The Morgan fingerprint density at radius 3 is 2.31 bits per heavy atom. The van der Waals surface area contributed by atoms with Crippen LogP contribution in [0.3, 0.4) is 0 Å². The van der Waals surface area contributed by atoms with Gasteiger partial charge in [0.1, 0.15) is 5.56 Å². The summed E-state index contributed by atoms with van der Waals surface area (Å²) in [6, 6.07) is 19.1. The molecule has 0 atom stereocenters. The summed E-state index contributed by atoms with van der Waals surface area (Å²) < 4.78 is 1.71. The van der Waals surface area contributed by atoms with E-state index in [-0.39, 0.29) is 11.8 Å². The van der Waals surface area contributed by atoms with Gasteiger partial charge in [0.2, 0.25) is 0 Å². The van der Waals surface area contributed by atoms with Crippen LogP contribution < -0.4 is 0 Å². The van der Waals surface area contributed by atoms with E-state index < -0.39 is 0 Å². The number of hydrogen-bond acceptors (Lipinski definition) is 4. The molecule has 0 radical (unpaired) electrons. The Morgan fingerprint density at radius 2 is 1.66 bits per heavy atom. The lowest BCUT2D eigenvalue weighted by molar-refractivity contribution is 0.0753. The van der Waals surface area contributed by atoms with Crippen LogP contribution in [0.1, 0.15) is 33.2 Å². The molecule has 0 aliphatic rings. The van der Waals surface area contributed by atoms with E-state index in [4.69, 9.17) is 0 Å². The van der Waals surface area contributed by atoms with Crippen molar-refractivity contribution in [2.75, 3.05) is 20.6 Å². The number of rotatable bonds is 6. The Bertz CT molecular complexity index is 1250. The van der Waals surface area contributed by atoms with Crippen LogP contribution in [-0.4, -0.2) is 56.9 Å². The quantitative estimate of drug-likeness (QED) is 0.470. The van der Waals surface area contributed by atoms with E-state index in [2.05, 4.69) is 10.1 Å². The van der Waals surface area contributed by atoms with Gasteiger partial charge in [-0.15, -0.1) is 0 Å². The highest BCUT2D eigenvalue weighted by Crippen LogP contribution is 2.22. The van der Waals surface area contributed by atoms with Gasteiger partial charge in [-0.25, -0.2) is 9.50 Å². The number of benzene rings is 2. The third-order valence-electron chi connectivity index (χ3n) is 5.35. The highest BCUT2D eigenvalue weighted by atomic mass is 16.2. The van der Waals surface area contributed by atoms with E-state index in [1.807, 2.05) is 55.5 Å².